The highest BCUT2D eigenvalue weighted by molar-refractivity contribution is 4.96. The van der Waals surface area contributed by atoms with Gasteiger partial charge in [-0.15, -0.1) is 0 Å². The number of halogens is 2. The summed E-state index contributed by atoms with van der Waals surface area (Å²) in [5.41, 5.74) is 0. The molecule has 12 nitrogen and oxygen atoms in total. The van der Waals surface area contributed by atoms with Crippen LogP contribution in [0.15, 0.2) is 0 Å². The monoisotopic (exact) mass is 461 g/mol. The molecule has 0 aromatic rings. The maximum Gasteiger partial charge on any atom is 0.187 e. The average molecular weight is 461 g/mol. The number of β-amino-alcohol motifs (C(OH)–C–C–N with tert-alkyl or cyclic N) is 1. The lowest BCUT2D eigenvalue weighted by Gasteiger charge is -2.46. The maximum atomic E-state index is 13.7. The Hall–Kier alpha value is -0.620. The Morgan fingerprint density at radius 2 is 1.29 bits per heavy atom. The predicted octanol–water partition coefficient (Wildman–Crippen LogP) is -4.72. The van der Waals surface area contributed by atoms with Gasteiger partial charge in [-0.3, -0.25) is 0 Å². The highest BCUT2D eigenvalue weighted by atomic mass is 19.1. The van der Waals surface area contributed by atoms with Crippen molar-refractivity contribution in [2.24, 2.45) is 0 Å². The zero-order valence-corrected chi connectivity index (χ0v) is 16.4. The molecule has 0 bridgehead atoms. The van der Waals surface area contributed by atoms with Gasteiger partial charge in [0.1, 0.15) is 68.3 Å². The number of aliphatic hydroxyl groups excluding tert-OH is 7. The highest BCUT2D eigenvalue weighted by Gasteiger charge is 2.52. The molecule has 3 rings (SSSR count). The molecular weight excluding hydrogens is 432 g/mol. The van der Waals surface area contributed by atoms with Crippen molar-refractivity contribution in [2.75, 3.05) is 26.5 Å². The second-order valence-corrected chi connectivity index (χ2v) is 7.81. The average Bonchev–Trinajstić information content (AvgIpc) is 3.12. The minimum atomic E-state index is -1.86. The third-order valence-corrected chi connectivity index (χ3v) is 5.76. The van der Waals surface area contributed by atoms with E-state index in [4.69, 9.17) is 18.9 Å². The first kappa shape index (κ1) is 25.0. The summed E-state index contributed by atoms with van der Waals surface area (Å²) in [6.45, 7) is -2.75. The fourth-order valence-electron chi connectivity index (χ4n) is 3.90. The molecule has 0 aromatic carbocycles. The van der Waals surface area contributed by atoms with Gasteiger partial charge in [0.05, 0.1) is 18.8 Å². The number of ether oxygens (including phenoxy) is 4. The standard InChI is InChI=1S/C17H29F2NO11/c18-1-7-9(23)10(24)12(26)16(28-7)31-15-8(2-19)29-17(13(27)11(15)25)30-14-5(4-21)20-3-6(14)22/h5-17,20-27H,1-4H2/t5-,6-,7+,8+,9+,10-,11+,12+,13+,14+,15+,16-,17+/m0/s1. The fourth-order valence-corrected chi connectivity index (χ4v) is 3.90. The van der Waals surface area contributed by atoms with Gasteiger partial charge >= 0.3 is 0 Å². The van der Waals surface area contributed by atoms with Crippen LogP contribution in [0, 0.1) is 0 Å². The van der Waals surface area contributed by atoms with E-state index < -0.39 is 99.6 Å². The molecule has 0 unspecified atom stereocenters. The molecule has 0 spiro atoms. The predicted molar refractivity (Wildman–Crippen MR) is 93.9 cm³/mol. The van der Waals surface area contributed by atoms with E-state index in [9.17, 15) is 44.5 Å². The van der Waals surface area contributed by atoms with Crippen molar-refractivity contribution in [3.8, 4) is 0 Å². The van der Waals surface area contributed by atoms with E-state index in [1.54, 1.807) is 0 Å². The summed E-state index contributed by atoms with van der Waals surface area (Å²) in [6.07, 6.45) is -19.2. The van der Waals surface area contributed by atoms with Gasteiger partial charge in [0.25, 0.3) is 0 Å². The van der Waals surface area contributed by atoms with Crippen LogP contribution in [0.25, 0.3) is 0 Å². The van der Waals surface area contributed by atoms with Gasteiger partial charge in [-0.05, 0) is 0 Å². The van der Waals surface area contributed by atoms with E-state index in [1.807, 2.05) is 0 Å². The Kier molecular flexibility index (Phi) is 8.50. The molecule has 31 heavy (non-hydrogen) atoms. The number of nitrogens with one attached hydrogen (secondary N) is 1. The molecule has 14 heteroatoms. The number of alkyl halides is 2. The van der Waals surface area contributed by atoms with E-state index >= 15 is 0 Å². The van der Waals surface area contributed by atoms with Crippen molar-refractivity contribution < 1.29 is 63.5 Å². The van der Waals surface area contributed by atoms with E-state index in [1.165, 1.54) is 0 Å². The molecule has 3 heterocycles. The number of hydrogen-bond acceptors (Lipinski definition) is 12. The van der Waals surface area contributed by atoms with E-state index in [0.29, 0.717) is 0 Å². The molecule has 0 radical (unpaired) electrons. The van der Waals surface area contributed by atoms with Crippen LogP contribution in [0.3, 0.4) is 0 Å². The Morgan fingerprint density at radius 3 is 1.87 bits per heavy atom. The smallest absolute Gasteiger partial charge is 0.187 e. The van der Waals surface area contributed by atoms with Gasteiger partial charge < -0.3 is 60.0 Å². The summed E-state index contributed by atoms with van der Waals surface area (Å²) in [4.78, 5) is 0. The highest BCUT2D eigenvalue weighted by Crippen LogP contribution is 2.31. The van der Waals surface area contributed by atoms with Crippen LogP contribution in [0.4, 0.5) is 8.78 Å². The molecule has 182 valence electrons. The van der Waals surface area contributed by atoms with Crippen LogP contribution < -0.4 is 5.32 Å². The summed E-state index contributed by atoms with van der Waals surface area (Å²) in [5.74, 6) is 0. The summed E-state index contributed by atoms with van der Waals surface area (Å²) in [6, 6.07) is -0.683. The van der Waals surface area contributed by atoms with Crippen molar-refractivity contribution >= 4 is 0 Å². The van der Waals surface area contributed by atoms with Crippen molar-refractivity contribution in [2.45, 2.75) is 79.7 Å². The van der Waals surface area contributed by atoms with Crippen LogP contribution in [-0.4, -0.2) is 142 Å². The van der Waals surface area contributed by atoms with Gasteiger partial charge in [-0.25, -0.2) is 8.78 Å². The second-order valence-electron chi connectivity index (χ2n) is 7.81. The van der Waals surface area contributed by atoms with Crippen LogP contribution in [0.2, 0.25) is 0 Å². The van der Waals surface area contributed by atoms with Crippen molar-refractivity contribution in [1.29, 1.82) is 0 Å². The molecule has 3 aliphatic heterocycles. The minimum Gasteiger partial charge on any atom is -0.395 e. The third-order valence-electron chi connectivity index (χ3n) is 5.76. The molecule has 0 aliphatic carbocycles. The summed E-state index contributed by atoms with van der Waals surface area (Å²) < 4.78 is 47.9. The largest absolute Gasteiger partial charge is 0.395 e. The normalized spacial score (nSPS) is 51.2. The number of aliphatic hydroxyl groups is 7. The Balaban J connectivity index is 1.69. The molecule has 0 amide bonds. The lowest BCUT2D eigenvalue weighted by molar-refractivity contribution is -0.362. The van der Waals surface area contributed by atoms with Crippen molar-refractivity contribution in [1.82, 2.24) is 5.32 Å². The van der Waals surface area contributed by atoms with Crippen molar-refractivity contribution in [3.05, 3.63) is 0 Å². The molecular formula is C17H29F2NO11. The van der Waals surface area contributed by atoms with E-state index in [0.717, 1.165) is 0 Å². The lowest BCUT2D eigenvalue weighted by Crippen LogP contribution is -2.65. The molecule has 0 aromatic heterocycles. The van der Waals surface area contributed by atoms with Crippen LogP contribution >= 0.6 is 0 Å². The van der Waals surface area contributed by atoms with E-state index in [-0.39, 0.29) is 6.54 Å². The fraction of sp³-hybridized carbons (Fsp3) is 1.00. The Morgan fingerprint density at radius 1 is 0.742 bits per heavy atom. The van der Waals surface area contributed by atoms with Crippen LogP contribution in [-0.2, 0) is 18.9 Å². The van der Waals surface area contributed by atoms with Crippen LogP contribution in [0.5, 0.6) is 0 Å². The summed E-state index contributed by atoms with van der Waals surface area (Å²) in [7, 11) is 0. The SMILES string of the molecule is OC[C@@H]1NC[C@H](O)[C@@H]1O[C@H]1O[C@H](CF)[C@@H](O[C@@H]2O[C@H](CF)[C@@H](O)[C@H](O)[C@H]2O)[C@H](O)[C@H]1O. The summed E-state index contributed by atoms with van der Waals surface area (Å²) in [5, 5.41) is 72.6. The second kappa shape index (κ2) is 10.5. The third kappa shape index (κ3) is 5.00. The molecule has 3 saturated heterocycles. The molecule has 3 fully saturated rings. The maximum absolute atomic E-state index is 13.7. The van der Waals surface area contributed by atoms with Gasteiger partial charge in [-0.2, -0.15) is 0 Å². The lowest BCUT2D eigenvalue weighted by atomic mass is 9.97. The van der Waals surface area contributed by atoms with Crippen LogP contribution in [0.1, 0.15) is 0 Å². The first-order valence-corrected chi connectivity index (χ1v) is 9.89. The van der Waals surface area contributed by atoms with Gasteiger partial charge in [0, 0.05) is 6.54 Å². The minimum absolute atomic E-state index is 0.0976. The molecule has 13 atom stereocenters. The molecule has 0 saturated carbocycles. The number of rotatable bonds is 7. The molecule has 3 aliphatic rings. The van der Waals surface area contributed by atoms with E-state index in [2.05, 4.69) is 5.32 Å². The summed E-state index contributed by atoms with van der Waals surface area (Å²) >= 11 is 0. The molecule has 8 N–H and O–H groups in total. The van der Waals surface area contributed by atoms with Gasteiger partial charge in [0.15, 0.2) is 12.6 Å². The first-order valence-electron chi connectivity index (χ1n) is 9.89. The topological polar surface area (TPSA) is 191 Å². The quantitative estimate of drug-likeness (QED) is 0.181. The van der Waals surface area contributed by atoms with Crippen molar-refractivity contribution in [3.63, 3.8) is 0 Å². The zero-order chi connectivity index (χ0) is 22.9. The van der Waals surface area contributed by atoms with Gasteiger partial charge in [0.2, 0.25) is 0 Å². The first-order chi connectivity index (χ1) is 14.7. The Bertz CT molecular complexity index is 576. The Labute approximate surface area is 175 Å². The van der Waals surface area contributed by atoms with Gasteiger partial charge in [-0.1, -0.05) is 0 Å². The zero-order valence-electron chi connectivity index (χ0n) is 16.4. The number of hydrogen-bond donors (Lipinski definition) is 8.